The molecule has 1 saturated heterocycles. The summed E-state index contributed by atoms with van der Waals surface area (Å²) in [5.74, 6) is 0.903. The van der Waals surface area contributed by atoms with Crippen LogP contribution in [0.15, 0.2) is 24.3 Å². The molecule has 0 bridgehead atoms. The number of nitrogens with one attached hydrogen (secondary N) is 3. The molecule has 0 spiro atoms. The molecule has 11 heteroatoms. The lowest BCUT2D eigenvalue weighted by Gasteiger charge is -2.42. The van der Waals surface area contributed by atoms with Gasteiger partial charge in [0.2, 0.25) is 5.91 Å². The molecule has 4 amide bonds. The van der Waals surface area contributed by atoms with Crippen molar-refractivity contribution in [2.45, 2.75) is 40.2 Å². The summed E-state index contributed by atoms with van der Waals surface area (Å²) in [6.45, 7) is 10.4. The van der Waals surface area contributed by atoms with Gasteiger partial charge in [-0.1, -0.05) is 20.8 Å². The van der Waals surface area contributed by atoms with Gasteiger partial charge in [0.05, 0.1) is 18.8 Å². The minimum absolute atomic E-state index is 0.0776. The molecule has 36 heavy (non-hydrogen) atoms. The van der Waals surface area contributed by atoms with Gasteiger partial charge in [-0.15, -0.1) is 0 Å². The van der Waals surface area contributed by atoms with Crippen molar-refractivity contribution in [1.82, 2.24) is 25.5 Å². The molecular formula is C25H33N7O4. The molecule has 2 aliphatic heterocycles. The number of nitrogens with zero attached hydrogens (tertiary/aromatic N) is 4. The van der Waals surface area contributed by atoms with Crippen molar-refractivity contribution in [2.24, 2.45) is 5.41 Å². The molecule has 1 unspecified atom stereocenters. The summed E-state index contributed by atoms with van der Waals surface area (Å²) in [5.41, 5.74) is 2.65. The van der Waals surface area contributed by atoms with Crippen molar-refractivity contribution in [2.75, 3.05) is 42.9 Å². The van der Waals surface area contributed by atoms with Gasteiger partial charge in [-0.05, 0) is 36.6 Å². The quantitative estimate of drug-likeness (QED) is 0.511. The summed E-state index contributed by atoms with van der Waals surface area (Å²) in [4.78, 5) is 49.2. The van der Waals surface area contributed by atoms with E-state index in [1.54, 1.807) is 12.1 Å². The smallest absolute Gasteiger partial charge is 0.407 e. The molecule has 1 fully saturated rings. The zero-order valence-electron chi connectivity index (χ0n) is 21.1. The van der Waals surface area contributed by atoms with Crippen LogP contribution in [0.25, 0.3) is 11.4 Å². The number of hydrogen-bond acceptors (Lipinski definition) is 6. The van der Waals surface area contributed by atoms with E-state index in [4.69, 9.17) is 9.97 Å². The van der Waals surface area contributed by atoms with Crippen LogP contribution in [0.3, 0.4) is 0 Å². The standard InChI is InChI=1S/C25H33N7O4/c1-5-26-23(34)28-16-8-6-15(7-9-16)21-29-18-13-32(24(35)36)12-17(25(2,3)4)20(18)22(30-21)31-11-10-27-19(33)14-31/h6-9,17H,5,10-14H2,1-4H3,(H,27,33)(H,35,36)(H2,26,28,34). The van der Waals surface area contributed by atoms with Gasteiger partial charge in [-0.3, -0.25) is 4.79 Å². The minimum atomic E-state index is -0.991. The summed E-state index contributed by atoms with van der Waals surface area (Å²) >= 11 is 0. The van der Waals surface area contributed by atoms with Crippen molar-refractivity contribution < 1.29 is 19.5 Å². The van der Waals surface area contributed by atoms with Crippen LogP contribution in [0.1, 0.15) is 44.9 Å². The summed E-state index contributed by atoms with van der Waals surface area (Å²) in [6.07, 6.45) is -0.991. The highest BCUT2D eigenvalue weighted by molar-refractivity contribution is 5.89. The largest absolute Gasteiger partial charge is 0.465 e. The van der Waals surface area contributed by atoms with Crippen molar-refractivity contribution in [3.63, 3.8) is 0 Å². The molecule has 0 radical (unpaired) electrons. The number of hydrogen-bond donors (Lipinski definition) is 4. The van der Waals surface area contributed by atoms with Gasteiger partial charge >= 0.3 is 12.1 Å². The molecule has 1 aromatic carbocycles. The van der Waals surface area contributed by atoms with E-state index in [-0.39, 0.29) is 36.4 Å². The molecule has 2 aromatic rings. The SMILES string of the molecule is CCNC(=O)Nc1ccc(-c2nc3c(c(N4CCNC(=O)C4)n2)C(C(C)(C)C)CN(C(=O)O)C3)cc1. The highest BCUT2D eigenvalue weighted by Crippen LogP contribution is 2.44. The van der Waals surface area contributed by atoms with Crippen molar-refractivity contribution in [1.29, 1.82) is 0 Å². The maximum Gasteiger partial charge on any atom is 0.407 e. The van der Waals surface area contributed by atoms with Gasteiger partial charge in [0.15, 0.2) is 5.82 Å². The van der Waals surface area contributed by atoms with Crippen LogP contribution in [0.2, 0.25) is 0 Å². The second kappa shape index (κ2) is 10.00. The fourth-order valence-electron chi connectivity index (χ4n) is 4.62. The second-order valence-electron chi connectivity index (χ2n) is 10.1. The molecule has 0 aliphatic carbocycles. The van der Waals surface area contributed by atoms with Gasteiger partial charge < -0.3 is 30.9 Å². The molecule has 4 rings (SSSR count). The Morgan fingerprint density at radius 3 is 2.50 bits per heavy atom. The number of carboxylic acid groups (broad SMARTS) is 1. The normalized spacial score (nSPS) is 17.8. The lowest BCUT2D eigenvalue weighted by atomic mass is 9.74. The molecular weight excluding hydrogens is 462 g/mol. The summed E-state index contributed by atoms with van der Waals surface area (Å²) in [6, 6.07) is 6.87. The van der Waals surface area contributed by atoms with E-state index in [1.807, 2.05) is 24.0 Å². The first-order valence-corrected chi connectivity index (χ1v) is 12.1. The molecule has 0 saturated carbocycles. The second-order valence-corrected chi connectivity index (χ2v) is 10.1. The number of rotatable bonds is 4. The van der Waals surface area contributed by atoms with E-state index in [9.17, 15) is 19.5 Å². The zero-order valence-corrected chi connectivity index (χ0v) is 21.1. The molecule has 192 valence electrons. The third-order valence-electron chi connectivity index (χ3n) is 6.49. The van der Waals surface area contributed by atoms with Crippen LogP contribution in [0.5, 0.6) is 0 Å². The van der Waals surface area contributed by atoms with E-state index in [0.717, 1.165) is 11.1 Å². The molecule has 1 atom stereocenters. The van der Waals surface area contributed by atoms with E-state index in [1.165, 1.54) is 4.90 Å². The first-order valence-electron chi connectivity index (χ1n) is 12.1. The average Bonchev–Trinajstić information content (AvgIpc) is 2.82. The number of urea groups is 1. The highest BCUT2D eigenvalue weighted by Gasteiger charge is 2.40. The third kappa shape index (κ3) is 5.34. The Kier molecular flexibility index (Phi) is 7.00. The van der Waals surface area contributed by atoms with Gasteiger partial charge in [-0.25, -0.2) is 19.6 Å². The van der Waals surface area contributed by atoms with Crippen LogP contribution >= 0.6 is 0 Å². The molecule has 11 nitrogen and oxygen atoms in total. The Hall–Kier alpha value is -3.89. The fourth-order valence-corrected chi connectivity index (χ4v) is 4.62. The zero-order chi connectivity index (χ0) is 26.0. The first-order chi connectivity index (χ1) is 17.1. The predicted octanol–water partition coefficient (Wildman–Crippen LogP) is 2.84. The third-order valence-corrected chi connectivity index (χ3v) is 6.49. The van der Waals surface area contributed by atoms with Gasteiger partial charge in [0.1, 0.15) is 5.82 Å². The highest BCUT2D eigenvalue weighted by atomic mass is 16.4. The van der Waals surface area contributed by atoms with Gasteiger partial charge in [0.25, 0.3) is 0 Å². The van der Waals surface area contributed by atoms with Crippen molar-refractivity contribution in [3.05, 3.63) is 35.5 Å². The lowest BCUT2D eigenvalue weighted by molar-refractivity contribution is -0.120. The van der Waals surface area contributed by atoms with E-state index >= 15 is 0 Å². The average molecular weight is 496 g/mol. The Bertz CT molecular complexity index is 1160. The Balaban J connectivity index is 1.80. The number of carbonyl (C=O) groups excluding carboxylic acids is 2. The molecule has 2 aliphatic rings. The number of piperazine rings is 1. The van der Waals surface area contributed by atoms with Crippen LogP contribution in [0.4, 0.5) is 21.1 Å². The topological polar surface area (TPSA) is 140 Å². The van der Waals surface area contributed by atoms with Gasteiger partial charge in [-0.2, -0.15) is 0 Å². The van der Waals surface area contributed by atoms with E-state index in [0.29, 0.717) is 49.2 Å². The Morgan fingerprint density at radius 2 is 1.89 bits per heavy atom. The number of amides is 4. The number of fused-ring (bicyclic) bond motifs is 1. The number of carbonyl (C=O) groups is 3. The van der Waals surface area contributed by atoms with E-state index < -0.39 is 6.09 Å². The van der Waals surface area contributed by atoms with Crippen LogP contribution in [-0.4, -0.2) is 70.7 Å². The van der Waals surface area contributed by atoms with Crippen LogP contribution in [0, 0.1) is 5.41 Å². The summed E-state index contributed by atoms with van der Waals surface area (Å²) in [5, 5.41) is 18.1. The Labute approximate surface area is 210 Å². The van der Waals surface area contributed by atoms with Crippen molar-refractivity contribution in [3.8, 4) is 11.4 Å². The molecule has 1 aromatic heterocycles. The predicted molar refractivity (Wildman–Crippen MR) is 136 cm³/mol. The molecule has 4 N–H and O–H groups in total. The number of benzene rings is 1. The summed E-state index contributed by atoms with van der Waals surface area (Å²) < 4.78 is 0. The minimum Gasteiger partial charge on any atom is -0.465 e. The maximum atomic E-state index is 12.2. The maximum absolute atomic E-state index is 12.2. The first kappa shape index (κ1) is 25.2. The lowest BCUT2D eigenvalue weighted by Crippen LogP contribution is -2.49. The number of anilines is 2. The van der Waals surface area contributed by atoms with E-state index in [2.05, 4.69) is 36.7 Å². The van der Waals surface area contributed by atoms with Gasteiger partial charge in [0, 0.05) is 48.9 Å². The fraction of sp³-hybridized carbons (Fsp3) is 0.480. The monoisotopic (exact) mass is 495 g/mol. The van der Waals surface area contributed by atoms with Crippen LogP contribution in [-0.2, 0) is 11.3 Å². The Morgan fingerprint density at radius 1 is 1.17 bits per heavy atom. The number of aromatic nitrogens is 2. The molecule has 3 heterocycles. The van der Waals surface area contributed by atoms with Crippen molar-refractivity contribution >= 4 is 29.5 Å². The summed E-state index contributed by atoms with van der Waals surface area (Å²) in [7, 11) is 0. The van der Waals surface area contributed by atoms with Crippen LogP contribution < -0.4 is 20.9 Å².